The Bertz CT molecular complexity index is 415. The predicted octanol–water partition coefficient (Wildman–Crippen LogP) is 3.33. The van der Waals surface area contributed by atoms with Gasteiger partial charge in [-0.25, -0.2) is 4.98 Å². The van der Waals surface area contributed by atoms with Gasteiger partial charge >= 0.3 is 0 Å². The molecule has 0 bridgehead atoms. The lowest BCUT2D eigenvalue weighted by atomic mass is 9.96. The molecular formula is C16H24N2O. The summed E-state index contributed by atoms with van der Waals surface area (Å²) in [5, 5.41) is 3.40. The van der Waals surface area contributed by atoms with Gasteiger partial charge in [0, 0.05) is 18.8 Å². The van der Waals surface area contributed by atoms with E-state index in [1.165, 1.54) is 49.8 Å². The summed E-state index contributed by atoms with van der Waals surface area (Å²) in [4.78, 5) is 4.72. The molecule has 0 amide bonds. The highest BCUT2D eigenvalue weighted by Gasteiger charge is 2.17. The van der Waals surface area contributed by atoms with Crippen molar-refractivity contribution in [2.24, 2.45) is 0 Å². The number of ether oxygens (including phenoxy) is 1. The van der Waals surface area contributed by atoms with Gasteiger partial charge in [-0.15, -0.1) is 0 Å². The van der Waals surface area contributed by atoms with Crippen LogP contribution in [0.5, 0.6) is 0 Å². The van der Waals surface area contributed by atoms with Crippen LogP contribution in [0.25, 0.3) is 0 Å². The van der Waals surface area contributed by atoms with Crippen molar-refractivity contribution in [1.82, 2.24) is 4.98 Å². The zero-order valence-electron chi connectivity index (χ0n) is 11.7. The molecule has 2 aliphatic rings. The summed E-state index contributed by atoms with van der Waals surface area (Å²) >= 11 is 0. The van der Waals surface area contributed by atoms with Crippen LogP contribution in [0.15, 0.2) is 12.1 Å². The number of pyridine rings is 1. The van der Waals surface area contributed by atoms with Crippen LogP contribution in [0, 0.1) is 0 Å². The molecule has 0 spiro atoms. The molecule has 1 aliphatic carbocycles. The number of nitrogens with one attached hydrogen (secondary N) is 1. The maximum absolute atomic E-state index is 5.77. The lowest BCUT2D eigenvalue weighted by molar-refractivity contribution is 0.000816. The van der Waals surface area contributed by atoms with E-state index in [0.29, 0.717) is 6.10 Å². The summed E-state index contributed by atoms with van der Waals surface area (Å²) in [5.41, 5.74) is 2.60. The summed E-state index contributed by atoms with van der Waals surface area (Å²) in [6.45, 7) is 1.99. The third-order valence-electron chi connectivity index (χ3n) is 4.18. The maximum atomic E-state index is 5.77. The Morgan fingerprint density at radius 3 is 3.00 bits per heavy atom. The molecule has 0 aromatic carbocycles. The fraction of sp³-hybridized carbons (Fsp3) is 0.688. The van der Waals surface area contributed by atoms with Gasteiger partial charge < -0.3 is 10.1 Å². The van der Waals surface area contributed by atoms with Gasteiger partial charge in [0.25, 0.3) is 0 Å². The van der Waals surface area contributed by atoms with Gasteiger partial charge in [0.2, 0.25) is 0 Å². The van der Waals surface area contributed by atoms with E-state index >= 15 is 0 Å². The van der Waals surface area contributed by atoms with Crippen molar-refractivity contribution in [2.45, 2.75) is 57.5 Å². The second kappa shape index (κ2) is 6.38. The SMILES string of the molecule is c1cc2c(nc1CCCCOC1CCC1)NCCC2. The van der Waals surface area contributed by atoms with Crippen LogP contribution in [0.1, 0.15) is 49.8 Å². The molecule has 0 atom stereocenters. The van der Waals surface area contributed by atoms with Gasteiger partial charge in [0.05, 0.1) is 6.10 Å². The van der Waals surface area contributed by atoms with E-state index in [1.54, 1.807) is 0 Å². The summed E-state index contributed by atoms with van der Waals surface area (Å²) in [5.74, 6) is 1.12. The number of anilines is 1. The number of aryl methyl sites for hydroxylation is 2. The topological polar surface area (TPSA) is 34.1 Å². The standard InChI is InChI=1S/C16H24N2O/c1(2-12-19-15-7-3-8-15)6-14-10-9-13-5-4-11-17-16(13)18-14/h9-10,15H,1-8,11-12H2,(H,17,18). The van der Waals surface area contributed by atoms with Crippen molar-refractivity contribution in [3.63, 3.8) is 0 Å². The first-order valence-corrected chi connectivity index (χ1v) is 7.76. The van der Waals surface area contributed by atoms with E-state index in [0.717, 1.165) is 31.8 Å². The van der Waals surface area contributed by atoms with Crippen molar-refractivity contribution in [3.8, 4) is 0 Å². The van der Waals surface area contributed by atoms with Crippen LogP contribution in [0.4, 0.5) is 5.82 Å². The third-order valence-corrected chi connectivity index (χ3v) is 4.18. The smallest absolute Gasteiger partial charge is 0.129 e. The summed E-state index contributed by atoms with van der Waals surface area (Å²) in [6, 6.07) is 4.44. The van der Waals surface area contributed by atoms with Gasteiger partial charge in [0.15, 0.2) is 0 Å². The highest BCUT2D eigenvalue weighted by molar-refractivity contribution is 5.46. The van der Waals surface area contributed by atoms with Crippen molar-refractivity contribution >= 4 is 5.82 Å². The Morgan fingerprint density at radius 1 is 1.21 bits per heavy atom. The van der Waals surface area contributed by atoms with Gasteiger partial charge in [-0.3, -0.25) is 0 Å². The number of rotatable bonds is 6. The summed E-state index contributed by atoms with van der Waals surface area (Å²) in [7, 11) is 0. The first-order chi connectivity index (χ1) is 9.42. The molecule has 1 aliphatic heterocycles. The summed E-state index contributed by atoms with van der Waals surface area (Å²) < 4.78 is 5.77. The first kappa shape index (κ1) is 12.9. The first-order valence-electron chi connectivity index (χ1n) is 7.76. The van der Waals surface area contributed by atoms with Crippen LogP contribution < -0.4 is 5.32 Å². The molecule has 1 N–H and O–H groups in total. The molecule has 3 heteroatoms. The van der Waals surface area contributed by atoms with E-state index < -0.39 is 0 Å². The number of nitrogens with zero attached hydrogens (tertiary/aromatic N) is 1. The van der Waals surface area contributed by atoms with Crippen molar-refractivity contribution in [2.75, 3.05) is 18.5 Å². The normalized spacial score (nSPS) is 18.5. The van der Waals surface area contributed by atoms with Gasteiger partial charge in [-0.05, 0) is 63.0 Å². The largest absolute Gasteiger partial charge is 0.378 e. The van der Waals surface area contributed by atoms with Crippen LogP contribution in [0.2, 0.25) is 0 Å². The van der Waals surface area contributed by atoms with Crippen LogP contribution >= 0.6 is 0 Å². The molecule has 0 radical (unpaired) electrons. The molecular weight excluding hydrogens is 236 g/mol. The lowest BCUT2D eigenvalue weighted by Crippen LogP contribution is -2.21. The molecule has 2 heterocycles. The molecule has 1 aromatic heterocycles. The minimum Gasteiger partial charge on any atom is -0.378 e. The number of hydrogen-bond acceptors (Lipinski definition) is 3. The minimum absolute atomic E-state index is 0.575. The molecule has 0 unspecified atom stereocenters. The van der Waals surface area contributed by atoms with E-state index in [4.69, 9.17) is 9.72 Å². The molecule has 1 fully saturated rings. The molecule has 1 saturated carbocycles. The number of aromatic nitrogens is 1. The Labute approximate surface area is 115 Å². The van der Waals surface area contributed by atoms with Crippen molar-refractivity contribution in [1.29, 1.82) is 0 Å². The fourth-order valence-electron chi connectivity index (χ4n) is 2.70. The Kier molecular flexibility index (Phi) is 4.34. The molecule has 0 saturated heterocycles. The van der Waals surface area contributed by atoms with E-state index in [1.807, 2.05) is 0 Å². The third kappa shape index (κ3) is 3.47. The van der Waals surface area contributed by atoms with E-state index in [-0.39, 0.29) is 0 Å². The minimum atomic E-state index is 0.575. The predicted molar refractivity (Wildman–Crippen MR) is 77.6 cm³/mol. The Morgan fingerprint density at radius 2 is 2.16 bits per heavy atom. The highest BCUT2D eigenvalue weighted by atomic mass is 16.5. The Balaban J connectivity index is 1.39. The molecule has 3 rings (SSSR count). The lowest BCUT2D eigenvalue weighted by Gasteiger charge is -2.25. The fourth-order valence-corrected chi connectivity index (χ4v) is 2.70. The molecule has 1 aromatic rings. The Hall–Kier alpha value is -1.09. The van der Waals surface area contributed by atoms with E-state index in [9.17, 15) is 0 Å². The molecule has 3 nitrogen and oxygen atoms in total. The quantitative estimate of drug-likeness (QED) is 0.797. The van der Waals surface area contributed by atoms with Crippen LogP contribution in [0.3, 0.4) is 0 Å². The molecule has 104 valence electrons. The molecule has 19 heavy (non-hydrogen) atoms. The van der Waals surface area contributed by atoms with Crippen molar-refractivity contribution in [3.05, 3.63) is 23.4 Å². The second-order valence-electron chi connectivity index (χ2n) is 5.72. The van der Waals surface area contributed by atoms with Gasteiger partial charge in [0.1, 0.15) is 5.82 Å². The number of hydrogen-bond donors (Lipinski definition) is 1. The van der Waals surface area contributed by atoms with Gasteiger partial charge in [-0.1, -0.05) is 6.07 Å². The highest BCUT2D eigenvalue weighted by Crippen LogP contribution is 2.22. The summed E-state index contributed by atoms with van der Waals surface area (Å²) in [6.07, 6.45) is 10.3. The van der Waals surface area contributed by atoms with Crippen LogP contribution in [-0.4, -0.2) is 24.2 Å². The number of unbranched alkanes of at least 4 members (excludes halogenated alkanes) is 1. The van der Waals surface area contributed by atoms with Crippen LogP contribution in [-0.2, 0) is 17.6 Å². The van der Waals surface area contributed by atoms with Gasteiger partial charge in [-0.2, -0.15) is 0 Å². The number of fused-ring (bicyclic) bond motifs is 1. The van der Waals surface area contributed by atoms with Crippen molar-refractivity contribution < 1.29 is 4.74 Å². The monoisotopic (exact) mass is 260 g/mol. The zero-order valence-corrected chi connectivity index (χ0v) is 11.7. The zero-order chi connectivity index (χ0) is 12.9. The van der Waals surface area contributed by atoms with E-state index in [2.05, 4.69) is 17.4 Å². The average Bonchev–Trinajstić information content (AvgIpc) is 2.40. The maximum Gasteiger partial charge on any atom is 0.129 e. The average molecular weight is 260 g/mol. The second-order valence-corrected chi connectivity index (χ2v) is 5.72.